The summed E-state index contributed by atoms with van der Waals surface area (Å²) in [6.45, 7) is 0.877. The molecule has 1 aromatic heterocycles. The average molecular weight is 219 g/mol. The Bertz CT molecular complexity index is 367. The number of fused-ring (bicyclic) bond motifs is 1. The van der Waals surface area contributed by atoms with Crippen molar-refractivity contribution in [2.45, 2.75) is 19.0 Å². The molecule has 2 heterocycles. The van der Waals surface area contributed by atoms with Gasteiger partial charge < -0.3 is 9.30 Å². The third-order valence-corrected chi connectivity index (χ3v) is 2.71. The molecule has 0 N–H and O–H groups in total. The summed E-state index contributed by atoms with van der Waals surface area (Å²) in [4.78, 5) is 0. The summed E-state index contributed by atoms with van der Waals surface area (Å²) in [7, 11) is 1.65. The first-order valence-corrected chi connectivity index (χ1v) is 4.82. The van der Waals surface area contributed by atoms with Crippen molar-refractivity contribution in [1.82, 2.24) is 4.57 Å². The van der Waals surface area contributed by atoms with Crippen LogP contribution in [0.2, 0.25) is 0 Å². The van der Waals surface area contributed by atoms with Gasteiger partial charge in [-0.25, -0.2) is 0 Å². The van der Waals surface area contributed by atoms with Crippen LogP contribution in [0.1, 0.15) is 16.8 Å². The van der Waals surface area contributed by atoms with Gasteiger partial charge in [-0.15, -0.1) is 0 Å². The molecule has 1 aliphatic heterocycles. The Balaban J connectivity index is 2.49. The van der Waals surface area contributed by atoms with E-state index < -0.39 is 11.7 Å². The summed E-state index contributed by atoms with van der Waals surface area (Å²) in [5.41, 5.74) is 0.646. The molecule has 0 aliphatic carbocycles. The first-order valence-electron chi connectivity index (χ1n) is 4.82. The lowest BCUT2D eigenvalue weighted by Crippen LogP contribution is -2.08. The van der Waals surface area contributed by atoms with Crippen molar-refractivity contribution >= 4 is 0 Å². The van der Waals surface area contributed by atoms with Gasteiger partial charge in [-0.2, -0.15) is 13.2 Å². The molecule has 15 heavy (non-hydrogen) atoms. The SMILES string of the molecule is Cn1cc(C(F)(F)F)c2c1CCOCC2. The van der Waals surface area contributed by atoms with Crippen LogP contribution < -0.4 is 0 Å². The van der Waals surface area contributed by atoms with Gasteiger partial charge in [0.25, 0.3) is 0 Å². The van der Waals surface area contributed by atoms with Crippen LogP contribution in [0.25, 0.3) is 0 Å². The standard InChI is InChI=1S/C10H12F3NO/c1-14-6-8(10(11,12)13)7-2-4-15-5-3-9(7)14/h6H,2-5H2,1H3. The zero-order valence-electron chi connectivity index (χ0n) is 8.40. The minimum absolute atomic E-state index is 0.352. The zero-order valence-corrected chi connectivity index (χ0v) is 8.40. The van der Waals surface area contributed by atoms with Gasteiger partial charge in [0.05, 0.1) is 18.8 Å². The highest BCUT2D eigenvalue weighted by atomic mass is 19.4. The maximum atomic E-state index is 12.7. The smallest absolute Gasteiger partial charge is 0.381 e. The molecule has 84 valence electrons. The first-order chi connectivity index (χ1) is 7.00. The molecule has 0 atom stereocenters. The number of ether oxygens (including phenoxy) is 1. The highest BCUT2D eigenvalue weighted by Gasteiger charge is 2.36. The van der Waals surface area contributed by atoms with Crippen LogP contribution in [-0.4, -0.2) is 17.8 Å². The molecule has 1 aliphatic rings. The molecular weight excluding hydrogens is 207 g/mol. The van der Waals surface area contributed by atoms with Gasteiger partial charge in [-0.1, -0.05) is 0 Å². The number of hydrogen-bond acceptors (Lipinski definition) is 1. The van der Waals surface area contributed by atoms with Gasteiger partial charge in [0, 0.05) is 25.4 Å². The largest absolute Gasteiger partial charge is 0.418 e. The average Bonchev–Trinajstić information content (AvgIpc) is 2.37. The van der Waals surface area contributed by atoms with E-state index in [4.69, 9.17) is 4.74 Å². The normalized spacial score (nSPS) is 17.3. The summed E-state index contributed by atoms with van der Waals surface area (Å²) in [5, 5.41) is 0. The fraction of sp³-hybridized carbons (Fsp3) is 0.600. The van der Waals surface area contributed by atoms with E-state index in [-0.39, 0.29) is 0 Å². The minimum atomic E-state index is -4.25. The van der Waals surface area contributed by atoms with E-state index >= 15 is 0 Å². The van der Waals surface area contributed by atoms with Crippen molar-refractivity contribution in [2.24, 2.45) is 7.05 Å². The predicted molar refractivity (Wildman–Crippen MR) is 48.6 cm³/mol. The maximum absolute atomic E-state index is 12.7. The van der Waals surface area contributed by atoms with E-state index in [2.05, 4.69) is 0 Å². The third kappa shape index (κ3) is 1.88. The van der Waals surface area contributed by atoms with Crippen molar-refractivity contribution in [3.8, 4) is 0 Å². The van der Waals surface area contributed by atoms with E-state index in [0.717, 1.165) is 5.69 Å². The maximum Gasteiger partial charge on any atom is 0.418 e. The number of aromatic nitrogens is 1. The Labute approximate surface area is 85.6 Å². The second kappa shape index (κ2) is 3.56. The van der Waals surface area contributed by atoms with Gasteiger partial charge >= 0.3 is 6.18 Å². The molecule has 0 spiro atoms. The second-order valence-electron chi connectivity index (χ2n) is 3.69. The Morgan fingerprint density at radius 3 is 2.60 bits per heavy atom. The highest BCUT2D eigenvalue weighted by molar-refractivity contribution is 5.35. The lowest BCUT2D eigenvalue weighted by Gasteiger charge is -2.07. The topological polar surface area (TPSA) is 14.2 Å². The van der Waals surface area contributed by atoms with Crippen LogP contribution in [0.3, 0.4) is 0 Å². The number of halogens is 3. The van der Waals surface area contributed by atoms with Crippen molar-refractivity contribution < 1.29 is 17.9 Å². The van der Waals surface area contributed by atoms with Gasteiger partial charge in [0.15, 0.2) is 0 Å². The van der Waals surface area contributed by atoms with Gasteiger partial charge in [-0.3, -0.25) is 0 Å². The van der Waals surface area contributed by atoms with Gasteiger partial charge in [0.1, 0.15) is 0 Å². The third-order valence-electron chi connectivity index (χ3n) is 2.71. The van der Waals surface area contributed by atoms with E-state index in [0.29, 0.717) is 31.6 Å². The van der Waals surface area contributed by atoms with Crippen LogP contribution in [0.15, 0.2) is 6.20 Å². The van der Waals surface area contributed by atoms with Crippen LogP contribution >= 0.6 is 0 Å². The molecule has 0 radical (unpaired) electrons. The Kier molecular flexibility index (Phi) is 2.50. The zero-order chi connectivity index (χ0) is 11.1. The Hall–Kier alpha value is -0.970. The van der Waals surface area contributed by atoms with Crippen LogP contribution in [0.5, 0.6) is 0 Å². The van der Waals surface area contributed by atoms with Crippen molar-refractivity contribution in [1.29, 1.82) is 0 Å². The van der Waals surface area contributed by atoms with Crippen molar-refractivity contribution in [2.75, 3.05) is 13.2 Å². The molecule has 0 unspecified atom stereocenters. The van der Waals surface area contributed by atoms with E-state index in [9.17, 15) is 13.2 Å². The molecule has 2 nitrogen and oxygen atoms in total. The second-order valence-corrected chi connectivity index (χ2v) is 3.69. The lowest BCUT2D eigenvalue weighted by molar-refractivity contribution is -0.138. The van der Waals surface area contributed by atoms with Gasteiger partial charge in [-0.05, 0) is 12.0 Å². The summed E-state index contributed by atoms with van der Waals surface area (Å²) in [5.74, 6) is 0. The summed E-state index contributed by atoms with van der Waals surface area (Å²) >= 11 is 0. The molecule has 2 rings (SSSR count). The molecule has 0 bridgehead atoms. The summed E-state index contributed by atoms with van der Waals surface area (Å²) in [6.07, 6.45) is -2.17. The van der Waals surface area contributed by atoms with E-state index in [1.54, 1.807) is 11.6 Å². The van der Waals surface area contributed by atoms with Crippen molar-refractivity contribution in [3.05, 3.63) is 23.0 Å². The quantitative estimate of drug-likeness (QED) is 0.652. The fourth-order valence-electron chi connectivity index (χ4n) is 2.01. The van der Waals surface area contributed by atoms with E-state index in [1.165, 1.54) is 6.20 Å². The van der Waals surface area contributed by atoms with Crippen LogP contribution in [0, 0.1) is 0 Å². The Morgan fingerprint density at radius 1 is 1.27 bits per heavy atom. The molecule has 0 fully saturated rings. The lowest BCUT2D eigenvalue weighted by atomic mass is 10.1. The fourth-order valence-corrected chi connectivity index (χ4v) is 2.01. The monoisotopic (exact) mass is 219 g/mol. The number of hydrogen-bond donors (Lipinski definition) is 0. The number of aryl methyl sites for hydroxylation is 1. The van der Waals surface area contributed by atoms with Crippen LogP contribution in [0.4, 0.5) is 13.2 Å². The summed E-state index contributed by atoms with van der Waals surface area (Å²) in [6, 6.07) is 0. The molecule has 0 amide bonds. The number of nitrogens with zero attached hydrogens (tertiary/aromatic N) is 1. The molecule has 0 saturated heterocycles. The van der Waals surface area contributed by atoms with Gasteiger partial charge in [0.2, 0.25) is 0 Å². The van der Waals surface area contributed by atoms with E-state index in [1.807, 2.05) is 0 Å². The molecule has 0 aromatic carbocycles. The Morgan fingerprint density at radius 2 is 1.93 bits per heavy atom. The molecule has 1 aromatic rings. The number of rotatable bonds is 0. The first kappa shape index (κ1) is 10.5. The number of alkyl halides is 3. The summed E-state index contributed by atoms with van der Waals surface area (Å²) < 4.78 is 44.7. The molecule has 5 heteroatoms. The molecule has 0 saturated carbocycles. The van der Waals surface area contributed by atoms with Crippen molar-refractivity contribution in [3.63, 3.8) is 0 Å². The van der Waals surface area contributed by atoms with Crippen LogP contribution in [-0.2, 0) is 30.8 Å². The molecular formula is C10H12F3NO. The highest BCUT2D eigenvalue weighted by Crippen LogP contribution is 2.35. The minimum Gasteiger partial charge on any atom is -0.381 e. The predicted octanol–water partition coefficient (Wildman–Crippen LogP) is 2.16.